The van der Waals surface area contributed by atoms with Gasteiger partial charge in [0, 0.05) is 5.69 Å². The van der Waals surface area contributed by atoms with E-state index in [9.17, 15) is 9.59 Å². The van der Waals surface area contributed by atoms with Gasteiger partial charge in [0.2, 0.25) is 0 Å². The number of amides is 2. The molecule has 3 aromatic rings. The van der Waals surface area contributed by atoms with Crippen molar-refractivity contribution in [3.05, 3.63) is 89.6 Å². The number of hydrogen-bond acceptors (Lipinski definition) is 5. The van der Waals surface area contributed by atoms with Crippen molar-refractivity contribution < 1.29 is 19.1 Å². The van der Waals surface area contributed by atoms with Gasteiger partial charge in [-0.15, -0.1) is 0 Å². The number of benzene rings is 3. The van der Waals surface area contributed by atoms with E-state index in [-0.39, 0.29) is 11.6 Å². The van der Waals surface area contributed by atoms with Gasteiger partial charge in [-0.25, -0.2) is 4.90 Å². The summed E-state index contributed by atoms with van der Waals surface area (Å²) in [4.78, 5) is 28.2. The predicted octanol–water partition coefficient (Wildman–Crippen LogP) is 5.19. The average Bonchev–Trinajstić information content (AvgIpc) is 3.05. The second-order valence-electron chi connectivity index (χ2n) is 7.57. The molecule has 0 bridgehead atoms. The van der Waals surface area contributed by atoms with E-state index in [1.165, 1.54) is 4.90 Å². The maximum Gasteiger partial charge on any atom is 0.282 e. The van der Waals surface area contributed by atoms with Crippen LogP contribution in [0.3, 0.4) is 0 Å². The molecule has 0 aromatic heterocycles. The standard InChI is InChI=1S/C27H26N2O4/c1-4-32-22-13-9-19(10-14-22)24-25(28-20-11-15-23(16-12-20)33-5-2)27(31)29(26(24)30)21-8-6-7-18(3)17-21/h6-17,28H,4-5H2,1-3H3. The molecule has 0 spiro atoms. The van der Waals surface area contributed by atoms with Gasteiger partial charge in [-0.05, 0) is 80.4 Å². The highest BCUT2D eigenvalue weighted by atomic mass is 16.5. The number of ether oxygens (including phenoxy) is 2. The van der Waals surface area contributed by atoms with Crippen molar-refractivity contribution in [2.24, 2.45) is 0 Å². The largest absolute Gasteiger partial charge is 0.494 e. The molecule has 0 unspecified atom stereocenters. The summed E-state index contributed by atoms with van der Waals surface area (Å²) in [6.45, 7) is 6.87. The van der Waals surface area contributed by atoms with E-state index in [0.717, 1.165) is 11.3 Å². The second kappa shape index (κ2) is 9.61. The van der Waals surface area contributed by atoms with E-state index in [4.69, 9.17) is 9.47 Å². The maximum atomic E-state index is 13.5. The van der Waals surface area contributed by atoms with Gasteiger partial charge in [0.1, 0.15) is 17.2 Å². The van der Waals surface area contributed by atoms with Gasteiger partial charge in [-0.2, -0.15) is 0 Å². The summed E-state index contributed by atoms with van der Waals surface area (Å²) < 4.78 is 11.0. The quantitative estimate of drug-likeness (QED) is 0.487. The molecule has 1 aliphatic heterocycles. The topological polar surface area (TPSA) is 67.9 Å². The monoisotopic (exact) mass is 442 g/mol. The van der Waals surface area contributed by atoms with Crippen molar-refractivity contribution in [3.63, 3.8) is 0 Å². The molecule has 4 rings (SSSR count). The number of anilines is 2. The van der Waals surface area contributed by atoms with Gasteiger partial charge in [0.25, 0.3) is 11.8 Å². The summed E-state index contributed by atoms with van der Waals surface area (Å²) in [6, 6.07) is 21.8. The normalized spacial score (nSPS) is 13.5. The molecule has 0 radical (unpaired) electrons. The third kappa shape index (κ3) is 4.60. The van der Waals surface area contributed by atoms with Crippen LogP contribution in [0.4, 0.5) is 11.4 Å². The number of nitrogens with one attached hydrogen (secondary N) is 1. The van der Waals surface area contributed by atoms with E-state index >= 15 is 0 Å². The Bertz CT molecular complexity index is 1200. The summed E-state index contributed by atoms with van der Waals surface area (Å²) in [5.74, 6) is 0.667. The van der Waals surface area contributed by atoms with Crippen LogP contribution in [0.5, 0.6) is 11.5 Å². The number of rotatable bonds is 8. The maximum absolute atomic E-state index is 13.5. The van der Waals surface area contributed by atoms with Crippen molar-refractivity contribution in [1.29, 1.82) is 0 Å². The first-order valence-electron chi connectivity index (χ1n) is 10.9. The molecule has 2 amide bonds. The third-order valence-corrected chi connectivity index (χ3v) is 5.23. The lowest BCUT2D eigenvalue weighted by Gasteiger charge is -2.16. The molecule has 3 aromatic carbocycles. The first-order valence-corrected chi connectivity index (χ1v) is 10.9. The molecule has 1 aliphatic rings. The van der Waals surface area contributed by atoms with E-state index < -0.39 is 5.91 Å². The number of carbonyl (C=O) groups excluding carboxylic acids is 2. The van der Waals surface area contributed by atoms with Gasteiger partial charge in [0.05, 0.1) is 24.5 Å². The summed E-state index contributed by atoms with van der Waals surface area (Å²) >= 11 is 0. The van der Waals surface area contributed by atoms with Gasteiger partial charge < -0.3 is 14.8 Å². The lowest BCUT2D eigenvalue weighted by molar-refractivity contribution is -0.120. The van der Waals surface area contributed by atoms with Gasteiger partial charge >= 0.3 is 0 Å². The lowest BCUT2D eigenvalue weighted by atomic mass is 10.0. The van der Waals surface area contributed by atoms with Crippen molar-refractivity contribution >= 4 is 28.8 Å². The second-order valence-corrected chi connectivity index (χ2v) is 7.57. The molecule has 6 heteroatoms. The molecule has 1 heterocycles. The molecule has 1 N–H and O–H groups in total. The van der Waals surface area contributed by atoms with E-state index in [1.54, 1.807) is 30.3 Å². The Hall–Kier alpha value is -4.06. The van der Waals surface area contributed by atoms with Crippen molar-refractivity contribution in [3.8, 4) is 11.5 Å². The highest BCUT2D eigenvalue weighted by Crippen LogP contribution is 2.34. The Morgan fingerprint density at radius 3 is 1.97 bits per heavy atom. The van der Waals surface area contributed by atoms with Crippen LogP contribution in [-0.2, 0) is 9.59 Å². The van der Waals surface area contributed by atoms with Crippen LogP contribution in [0.2, 0.25) is 0 Å². The van der Waals surface area contributed by atoms with Crippen molar-refractivity contribution in [2.45, 2.75) is 20.8 Å². The Labute approximate surface area is 193 Å². The number of nitrogens with zero attached hydrogens (tertiary/aromatic N) is 1. The fraction of sp³-hybridized carbons (Fsp3) is 0.185. The molecule has 6 nitrogen and oxygen atoms in total. The lowest BCUT2D eigenvalue weighted by Crippen LogP contribution is -2.32. The molecular formula is C27H26N2O4. The van der Waals surface area contributed by atoms with Crippen LogP contribution < -0.4 is 19.7 Å². The molecule has 0 saturated carbocycles. The minimum Gasteiger partial charge on any atom is -0.494 e. The number of imide groups is 1. The minimum absolute atomic E-state index is 0.231. The first kappa shape index (κ1) is 22.1. The minimum atomic E-state index is -0.400. The Morgan fingerprint density at radius 2 is 1.39 bits per heavy atom. The van der Waals surface area contributed by atoms with Crippen molar-refractivity contribution in [1.82, 2.24) is 0 Å². The zero-order chi connectivity index (χ0) is 23.4. The smallest absolute Gasteiger partial charge is 0.282 e. The molecule has 168 valence electrons. The Kier molecular flexibility index (Phi) is 6.45. The number of hydrogen-bond donors (Lipinski definition) is 1. The molecule has 0 fully saturated rings. The highest BCUT2D eigenvalue weighted by molar-refractivity contribution is 6.46. The number of aryl methyl sites for hydroxylation is 1. The van der Waals surface area contributed by atoms with Crippen LogP contribution >= 0.6 is 0 Å². The van der Waals surface area contributed by atoms with E-state index in [2.05, 4.69) is 5.32 Å². The molecule has 0 aliphatic carbocycles. The zero-order valence-electron chi connectivity index (χ0n) is 18.9. The molecule has 0 saturated heterocycles. The van der Waals surface area contributed by atoms with Crippen LogP contribution in [0.1, 0.15) is 25.0 Å². The Balaban J connectivity index is 1.75. The molecule has 0 atom stereocenters. The van der Waals surface area contributed by atoms with Crippen LogP contribution in [0, 0.1) is 6.92 Å². The third-order valence-electron chi connectivity index (χ3n) is 5.23. The summed E-state index contributed by atoms with van der Waals surface area (Å²) in [6.07, 6.45) is 0. The van der Waals surface area contributed by atoms with Crippen LogP contribution in [-0.4, -0.2) is 25.0 Å². The van der Waals surface area contributed by atoms with Crippen LogP contribution in [0.15, 0.2) is 78.5 Å². The van der Waals surface area contributed by atoms with Gasteiger partial charge in [0.15, 0.2) is 0 Å². The molecular weight excluding hydrogens is 416 g/mol. The first-order chi connectivity index (χ1) is 16.0. The predicted molar refractivity (Wildman–Crippen MR) is 129 cm³/mol. The fourth-order valence-corrected chi connectivity index (χ4v) is 3.75. The average molecular weight is 443 g/mol. The van der Waals surface area contributed by atoms with Gasteiger partial charge in [-0.1, -0.05) is 24.3 Å². The summed E-state index contributed by atoms with van der Waals surface area (Å²) in [7, 11) is 0. The van der Waals surface area contributed by atoms with Crippen molar-refractivity contribution in [2.75, 3.05) is 23.4 Å². The Morgan fingerprint density at radius 1 is 0.788 bits per heavy atom. The zero-order valence-corrected chi connectivity index (χ0v) is 18.9. The summed E-state index contributed by atoms with van der Waals surface area (Å²) in [5.41, 5.74) is 3.37. The fourth-order valence-electron chi connectivity index (χ4n) is 3.75. The number of carbonyl (C=O) groups is 2. The van der Waals surface area contributed by atoms with Crippen LogP contribution in [0.25, 0.3) is 5.57 Å². The SMILES string of the molecule is CCOc1ccc(NC2=C(c3ccc(OCC)cc3)C(=O)N(c3cccc(C)c3)C2=O)cc1. The molecule has 33 heavy (non-hydrogen) atoms. The van der Waals surface area contributed by atoms with E-state index in [1.807, 2.05) is 63.2 Å². The van der Waals surface area contributed by atoms with E-state index in [0.29, 0.717) is 41.5 Å². The highest BCUT2D eigenvalue weighted by Gasteiger charge is 2.40. The summed E-state index contributed by atoms with van der Waals surface area (Å²) in [5, 5.41) is 3.17. The van der Waals surface area contributed by atoms with Gasteiger partial charge in [-0.3, -0.25) is 9.59 Å².